The molecule has 126 valence electrons. The van der Waals surface area contributed by atoms with Crippen LogP contribution in [0.1, 0.15) is 41.6 Å². The quantitative estimate of drug-likeness (QED) is 0.917. The van der Waals surface area contributed by atoms with Gasteiger partial charge in [0, 0.05) is 18.8 Å². The van der Waals surface area contributed by atoms with Crippen molar-refractivity contribution in [1.82, 2.24) is 15.1 Å². The minimum atomic E-state index is -0.396. The molecule has 0 bridgehead atoms. The standard InChI is InChI=1S/C18H20FN3O2/c19-16-8-4-1-5-13(16)9-10-22(14-6-2-3-7-14)18(24)15-11-20-21-12-17(15)23/h1,4-5,8,11-12,14H,2-3,6-7,9-10H2,(H,20,23). The highest BCUT2D eigenvalue weighted by molar-refractivity contribution is 5.94. The van der Waals surface area contributed by atoms with Gasteiger partial charge in [-0.25, -0.2) is 4.39 Å². The van der Waals surface area contributed by atoms with Crippen LogP contribution in [0.5, 0.6) is 0 Å². The molecule has 3 rings (SSSR count). The van der Waals surface area contributed by atoms with Gasteiger partial charge in [0.2, 0.25) is 5.43 Å². The Hall–Kier alpha value is -2.50. The van der Waals surface area contributed by atoms with Gasteiger partial charge in [-0.05, 0) is 30.9 Å². The molecule has 1 fully saturated rings. The molecule has 1 saturated carbocycles. The number of carbonyl (C=O) groups excluding carboxylic acids is 1. The van der Waals surface area contributed by atoms with E-state index < -0.39 is 5.43 Å². The van der Waals surface area contributed by atoms with Crippen LogP contribution in [-0.2, 0) is 6.42 Å². The van der Waals surface area contributed by atoms with Crippen molar-refractivity contribution in [2.45, 2.75) is 38.1 Å². The predicted molar refractivity (Wildman–Crippen MR) is 88.3 cm³/mol. The van der Waals surface area contributed by atoms with E-state index in [-0.39, 0.29) is 23.3 Å². The van der Waals surface area contributed by atoms with Crippen LogP contribution in [0.3, 0.4) is 0 Å². The van der Waals surface area contributed by atoms with Crippen molar-refractivity contribution in [2.24, 2.45) is 0 Å². The molecule has 1 amide bonds. The molecule has 0 aliphatic heterocycles. The third kappa shape index (κ3) is 3.53. The van der Waals surface area contributed by atoms with Crippen molar-refractivity contribution in [3.8, 4) is 0 Å². The van der Waals surface area contributed by atoms with Crippen LogP contribution >= 0.6 is 0 Å². The maximum absolute atomic E-state index is 13.8. The van der Waals surface area contributed by atoms with E-state index in [4.69, 9.17) is 0 Å². The second kappa shape index (κ2) is 7.38. The molecule has 24 heavy (non-hydrogen) atoms. The van der Waals surface area contributed by atoms with Gasteiger partial charge >= 0.3 is 0 Å². The summed E-state index contributed by atoms with van der Waals surface area (Å²) in [5, 5.41) is 6.19. The topological polar surface area (TPSA) is 66.1 Å². The first-order valence-corrected chi connectivity index (χ1v) is 8.24. The van der Waals surface area contributed by atoms with Crippen LogP contribution in [-0.4, -0.2) is 33.6 Å². The van der Waals surface area contributed by atoms with Crippen molar-refractivity contribution in [3.05, 3.63) is 63.8 Å². The number of hydrogen-bond donors (Lipinski definition) is 1. The average Bonchev–Trinajstić information content (AvgIpc) is 3.11. The molecule has 1 aliphatic rings. The van der Waals surface area contributed by atoms with Gasteiger partial charge in [-0.1, -0.05) is 31.0 Å². The molecule has 6 heteroatoms. The SMILES string of the molecule is O=C(c1c[nH]ncc1=O)N(CCc1ccccc1F)C1CCCC1. The lowest BCUT2D eigenvalue weighted by Crippen LogP contribution is -2.42. The Labute approximate surface area is 139 Å². The molecular weight excluding hydrogens is 309 g/mol. The number of rotatable bonds is 5. The minimum absolute atomic E-state index is 0.0884. The van der Waals surface area contributed by atoms with E-state index in [9.17, 15) is 14.0 Å². The first-order valence-electron chi connectivity index (χ1n) is 8.24. The zero-order chi connectivity index (χ0) is 16.9. The largest absolute Gasteiger partial charge is 0.335 e. The Morgan fingerprint density at radius 2 is 2.04 bits per heavy atom. The molecule has 2 aromatic rings. The number of nitrogens with zero attached hydrogens (tertiary/aromatic N) is 2. The molecule has 0 unspecified atom stereocenters. The van der Waals surface area contributed by atoms with Crippen LogP contribution in [0.2, 0.25) is 0 Å². The van der Waals surface area contributed by atoms with Gasteiger partial charge in [0.1, 0.15) is 11.4 Å². The average molecular weight is 329 g/mol. The number of halogens is 1. The highest BCUT2D eigenvalue weighted by Crippen LogP contribution is 2.25. The molecule has 0 spiro atoms. The second-order valence-corrected chi connectivity index (χ2v) is 6.09. The highest BCUT2D eigenvalue weighted by atomic mass is 19.1. The number of amides is 1. The zero-order valence-electron chi connectivity index (χ0n) is 13.4. The van der Waals surface area contributed by atoms with Crippen molar-refractivity contribution in [3.63, 3.8) is 0 Å². The highest BCUT2D eigenvalue weighted by Gasteiger charge is 2.28. The summed E-state index contributed by atoms with van der Waals surface area (Å²) < 4.78 is 13.8. The fraction of sp³-hybridized carbons (Fsp3) is 0.389. The molecule has 1 aliphatic carbocycles. The van der Waals surface area contributed by atoms with Crippen LogP contribution in [0.25, 0.3) is 0 Å². The number of aromatic nitrogens is 2. The molecule has 1 aromatic carbocycles. The first kappa shape index (κ1) is 16.4. The fourth-order valence-corrected chi connectivity index (χ4v) is 3.27. The molecule has 0 radical (unpaired) electrons. The van der Waals surface area contributed by atoms with Gasteiger partial charge in [-0.2, -0.15) is 5.10 Å². The predicted octanol–water partition coefficient (Wildman–Crippen LogP) is 2.54. The third-order valence-corrected chi connectivity index (χ3v) is 4.57. The lowest BCUT2D eigenvalue weighted by molar-refractivity contribution is 0.0681. The number of carbonyl (C=O) groups is 1. The van der Waals surface area contributed by atoms with E-state index in [1.165, 1.54) is 12.3 Å². The summed E-state index contributed by atoms with van der Waals surface area (Å²) in [5.41, 5.74) is 0.273. The molecule has 1 heterocycles. The number of hydrogen-bond acceptors (Lipinski definition) is 3. The minimum Gasteiger partial charge on any atom is -0.335 e. The lowest BCUT2D eigenvalue weighted by Gasteiger charge is -2.29. The first-order chi connectivity index (χ1) is 11.7. The lowest BCUT2D eigenvalue weighted by atomic mass is 10.1. The number of H-pyrrole nitrogens is 1. The van der Waals surface area contributed by atoms with Crippen molar-refractivity contribution >= 4 is 5.91 Å². The molecule has 0 saturated heterocycles. The monoisotopic (exact) mass is 329 g/mol. The van der Waals surface area contributed by atoms with Crippen LogP contribution in [0.4, 0.5) is 4.39 Å². The Bertz CT molecular complexity index is 769. The summed E-state index contributed by atoms with van der Waals surface area (Å²) in [6.45, 7) is 0.395. The maximum atomic E-state index is 13.8. The summed E-state index contributed by atoms with van der Waals surface area (Å²) in [5.74, 6) is -0.569. The molecular formula is C18H20FN3O2. The van der Waals surface area contributed by atoms with E-state index in [2.05, 4.69) is 10.2 Å². The molecule has 5 nitrogen and oxygen atoms in total. The summed E-state index contributed by atoms with van der Waals surface area (Å²) in [4.78, 5) is 26.5. The normalized spacial score (nSPS) is 14.7. The Kier molecular flexibility index (Phi) is 5.03. The van der Waals surface area contributed by atoms with Crippen molar-refractivity contribution in [1.29, 1.82) is 0 Å². The zero-order valence-corrected chi connectivity index (χ0v) is 13.4. The summed E-state index contributed by atoms with van der Waals surface area (Å²) in [6.07, 6.45) is 6.87. The van der Waals surface area contributed by atoms with Crippen LogP contribution in [0, 0.1) is 5.82 Å². The number of aromatic amines is 1. The molecule has 1 N–H and O–H groups in total. The van der Waals surface area contributed by atoms with Gasteiger partial charge in [0.05, 0.1) is 6.20 Å². The summed E-state index contributed by atoms with van der Waals surface area (Å²) >= 11 is 0. The fourth-order valence-electron chi connectivity index (χ4n) is 3.27. The maximum Gasteiger partial charge on any atom is 0.259 e. The smallest absolute Gasteiger partial charge is 0.259 e. The molecule has 0 atom stereocenters. The van der Waals surface area contributed by atoms with E-state index in [1.54, 1.807) is 23.1 Å². The van der Waals surface area contributed by atoms with Gasteiger partial charge in [-0.15, -0.1) is 0 Å². The van der Waals surface area contributed by atoms with Gasteiger partial charge < -0.3 is 4.90 Å². The number of nitrogens with one attached hydrogen (secondary N) is 1. The van der Waals surface area contributed by atoms with Crippen molar-refractivity contribution in [2.75, 3.05) is 6.54 Å². The summed E-state index contributed by atoms with van der Waals surface area (Å²) in [7, 11) is 0. The van der Waals surface area contributed by atoms with E-state index in [0.29, 0.717) is 18.5 Å². The number of benzene rings is 1. The van der Waals surface area contributed by atoms with E-state index >= 15 is 0 Å². The molecule has 1 aromatic heterocycles. The summed E-state index contributed by atoms with van der Waals surface area (Å²) in [6, 6.07) is 6.69. The van der Waals surface area contributed by atoms with E-state index in [0.717, 1.165) is 31.9 Å². The van der Waals surface area contributed by atoms with Gasteiger partial charge in [0.15, 0.2) is 0 Å². The third-order valence-electron chi connectivity index (χ3n) is 4.57. The Morgan fingerprint density at radius 3 is 2.75 bits per heavy atom. The van der Waals surface area contributed by atoms with Gasteiger partial charge in [-0.3, -0.25) is 14.7 Å². The van der Waals surface area contributed by atoms with Crippen LogP contribution in [0.15, 0.2) is 41.5 Å². The Morgan fingerprint density at radius 1 is 1.29 bits per heavy atom. The van der Waals surface area contributed by atoms with Crippen LogP contribution < -0.4 is 5.43 Å². The van der Waals surface area contributed by atoms with Crippen molar-refractivity contribution < 1.29 is 9.18 Å². The Balaban J connectivity index is 1.81. The van der Waals surface area contributed by atoms with E-state index in [1.807, 2.05) is 0 Å². The van der Waals surface area contributed by atoms with Gasteiger partial charge in [0.25, 0.3) is 5.91 Å². The second-order valence-electron chi connectivity index (χ2n) is 6.09.